The molecule has 0 aliphatic rings. The maximum atomic E-state index is 12.1. The summed E-state index contributed by atoms with van der Waals surface area (Å²) in [7, 11) is 1.73. The topological polar surface area (TPSA) is 88.3 Å². The van der Waals surface area contributed by atoms with Gasteiger partial charge >= 0.3 is 5.97 Å². The van der Waals surface area contributed by atoms with Gasteiger partial charge in [-0.1, -0.05) is 26.0 Å². The van der Waals surface area contributed by atoms with Crippen molar-refractivity contribution < 1.29 is 14.7 Å². The number of aromatic nitrogens is 3. The predicted molar refractivity (Wildman–Crippen MR) is 68.7 cm³/mol. The van der Waals surface area contributed by atoms with E-state index in [0.717, 1.165) is 0 Å². The van der Waals surface area contributed by atoms with Crippen LogP contribution in [0.4, 0.5) is 0 Å². The van der Waals surface area contributed by atoms with Gasteiger partial charge in [-0.2, -0.15) is 0 Å². The van der Waals surface area contributed by atoms with Crippen molar-refractivity contribution in [3.05, 3.63) is 11.9 Å². The largest absolute Gasteiger partial charge is 0.476 e. The summed E-state index contributed by atoms with van der Waals surface area (Å²) in [5.41, 5.74) is -0.196. The van der Waals surface area contributed by atoms with Crippen LogP contribution in [0.5, 0.6) is 0 Å². The van der Waals surface area contributed by atoms with Crippen LogP contribution in [0.15, 0.2) is 6.20 Å². The average Bonchev–Trinajstić information content (AvgIpc) is 2.74. The third-order valence-electron chi connectivity index (χ3n) is 3.28. The fraction of sp³-hybridized carbons (Fsp3) is 0.667. The molecule has 106 valence electrons. The van der Waals surface area contributed by atoms with E-state index in [0.29, 0.717) is 0 Å². The van der Waals surface area contributed by atoms with Crippen LogP contribution in [0.2, 0.25) is 0 Å². The first-order valence-electron chi connectivity index (χ1n) is 6.02. The van der Waals surface area contributed by atoms with Gasteiger partial charge in [0.15, 0.2) is 5.69 Å². The third-order valence-corrected chi connectivity index (χ3v) is 3.28. The number of carbonyl (C=O) groups is 2. The first-order valence-corrected chi connectivity index (χ1v) is 6.02. The summed E-state index contributed by atoms with van der Waals surface area (Å²) in [5.74, 6) is -1.29. The Hall–Kier alpha value is -1.92. The van der Waals surface area contributed by atoms with E-state index in [1.54, 1.807) is 11.9 Å². The standard InChI is InChI=1S/C12H20N4O3/c1-8(12(2,3)4)15(5)10(17)7-16-6-9(11(18)19)13-14-16/h6,8H,7H2,1-5H3,(H,18,19). The van der Waals surface area contributed by atoms with Crippen molar-refractivity contribution in [2.24, 2.45) is 5.41 Å². The molecule has 0 spiro atoms. The molecule has 7 nitrogen and oxygen atoms in total. The molecule has 1 amide bonds. The van der Waals surface area contributed by atoms with E-state index >= 15 is 0 Å². The van der Waals surface area contributed by atoms with Gasteiger partial charge in [0.05, 0.1) is 6.20 Å². The Morgan fingerprint density at radius 2 is 2.05 bits per heavy atom. The SMILES string of the molecule is CC(N(C)C(=O)Cn1cc(C(=O)O)nn1)C(C)(C)C. The Morgan fingerprint density at radius 3 is 2.47 bits per heavy atom. The van der Waals surface area contributed by atoms with Gasteiger partial charge in [-0.05, 0) is 12.3 Å². The number of amides is 1. The lowest BCUT2D eigenvalue weighted by atomic mass is 9.87. The minimum Gasteiger partial charge on any atom is -0.476 e. The highest BCUT2D eigenvalue weighted by molar-refractivity contribution is 5.84. The second kappa shape index (κ2) is 5.38. The van der Waals surface area contributed by atoms with E-state index in [1.807, 2.05) is 6.92 Å². The summed E-state index contributed by atoms with van der Waals surface area (Å²) >= 11 is 0. The lowest BCUT2D eigenvalue weighted by Gasteiger charge is -2.35. The van der Waals surface area contributed by atoms with Gasteiger partial charge in [-0.3, -0.25) is 4.79 Å². The molecule has 0 aliphatic carbocycles. The van der Waals surface area contributed by atoms with Crippen molar-refractivity contribution in [2.75, 3.05) is 7.05 Å². The highest BCUT2D eigenvalue weighted by Crippen LogP contribution is 2.23. The van der Waals surface area contributed by atoms with Crippen LogP contribution < -0.4 is 0 Å². The molecule has 0 aliphatic heterocycles. The fourth-order valence-electron chi connectivity index (χ4n) is 1.52. The molecule has 1 rings (SSSR count). The van der Waals surface area contributed by atoms with Gasteiger partial charge < -0.3 is 10.0 Å². The molecule has 0 fully saturated rings. The van der Waals surface area contributed by atoms with Crippen LogP contribution in [0.1, 0.15) is 38.2 Å². The Balaban J connectivity index is 2.71. The molecule has 0 bridgehead atoms. The molecule has 0 saturated heterocycles. The first-order chi connectivity index (χ1) is 8.62. The third kappa shape index (κ3) is 3.77. The predicted octanol–water partition coefficient (Wildman–Crippen LogP) is 0.869. The van der Waals surface area contributed by atoms with Crippen molar-refractivity contribution in [1.29, 1.82) is 0 Å². The summed E-state index contributed by atoms with van der Waals surface area (Å²) in [4.78, 5) is 24.4. The van der Waals surface area contributed by atoms with E-state index < -0.39 is 5.97 Å². The Kier molecular flexibility index (Phi) is 4.28. The lowest BCUT2D eigenvalue weighted by Crippen LogP contribution is -2.44. The fourth-order valence-corrected chi connectivity index (χ4v) is 1.52. The van der Waals surface area contributed by atoms with Crippen molar-refractivity contribution >= 4 is 11.9 Å². The molecule has 1 aromatic heterocycles. The highest BCUT2D eigenvalue weighted by atomic mass is 16.4. The number of aromatic carboxylic acids is 1. The molecule has 0 saturated carbocycles. The Labute approximate surface area is 112 Å². The van der Waals surface area contributed by atoms with Crippen LogP contribution in [0.25, 0.3) is 0 Å². The second-order valence-corrected chi connectivity index (χ2v) is 5.65. The summed E-state index contributed by atoms with van der Waals surface area (Å²) < 4.78 is 1.23. The summed E-state index contributed by atoms with van der Waals surface area (Å²) in [6.45, 7) is 8.12. The average molecular weight is 268 g/mol. The second-order valence-electron chi connectivity index (χ2n) is 5.65. The minimum atomic E-state index is -1.16. The van der Waals surface area contributed by atoms with Crippen molar-refractivity contribution in [3.63, 3.8) is 0 Å². The van der Waals surface area contributed by atoms with E-state index in [2.05, 4.69) is 31.1 Å². The van der Waals surface area contributed by atoms with Crippen LogP contribution in [-0.2, 0) is 11.3 Å². The highest BCUT2D eigenvalue weighted by Gasteiger charge is 2.27. The van der Waals surface area contributed by atoms with Gasteiger partial charge in [0.1, 0.15) is 6.54 Å². The molecule has 1 aromatic rings. The summed E-state index contributed by atoms with van der Waals surface area (Å²) in [6, 6.07) is 0.0578. The normalized spacial score (nSPS) is 13.1. The smallest absolute Gasteiger partial charge is 0.358 e. The van der Waals surface area contributed by atoms with Crippen LogP contribution in [0, 0.1) is 5.41 Å². The quantitative estimate of drug-likeness (QED) is 0.875. The van der Waals surface area contributed by atoms with Gasteiger partial charge in [0.2, 0.25) is 5.91 Å². The van der Waals surface area contributed by atoms with Crippen molar-refractivity contribution in [3.8, 4) is 0 Å². The Morgan fingerprint density at radius 1 is 1.47 bits per heavy atom. The number of rotatable bonds is 4. The van der Waals surface area contributed by atoms with Crippen LogP contribution in [-0.4, -0.2) is 50.0 Å². The number of hydrogen-bond donors (Lipinski definition) is 1. The Bertz CT molecular complexity index is 476. The summed E-state index contributed by atoms with van der Waals surface area (Å²) in [6.07, 6.45) is 1.25. The number of carboxylic acids is 1. The van der Waals surface area contributed by atoms with Gasteiger partial charge in [-0.25, -0.2) is 9.48 Å². The van der Waals surface area contributed by atoms with Crippen LogP contribution in [0.3, 0.4) is 0 Å². The number of carboxylic acid groups (broad SMARTS) is 1. The molecule has 0 radical (unpaired) electrons. The number of carbonyl (C=O) groups excluding carboxylic acids is 1. The summed E-state index contributed by atoms with van der Waals surface area (Å²) in [5, 5.41) is 15.8. The minimum absolute atomic E-state index is 0.0167. The molecular weight excluding hydrogens is 248 g/mol. The molecule has 1 atom stereocenters. The lowest BCUT2D eigenvalue weighted by molar-refractivity contribution is -0.134. The van der Waals surface area contributed by atoms with Gasteiger partial charge in [0.25, 0.3) is 0 Å². The van der Waals surface area contributed by atoms with E-state index in [-0.39, 0.29) is 29.6 Å². The van der Waals surface area contributed by atoms with Crippen LogP contribution >= 0.6 is 0 Å². The first kappa shape index (κ1) is 15.1. The molecule has 1 heterocycles. The number of hydrogen-bond acceptors (Lipinski definition) is 4. The van der Waals surface area contributed by atoms with Gasteiger partial charge in [-0.15, -0.1) is 5.10 Å². The number of nitrogens with zero attached hydrogens (tertiary/aromatic N) is 4. The molecule has 0 aromatic carbocycles. The maximum Gasteiger partial charge on any atom is 0.358 e. The van der Waals surface area contributed by atoms with Crippen molar-refractivity contribution in [2.45, 2.75) is 40.3 Å². The molecule has 1 unspecified atom stereocenters. The zero-order valence-electron chi connectivity index (χ0n) is 11.9. The number of likely N-dealkylation sites (N-methyl/N-ethyl adjacent to an activating group) is 1. The monoisotopic (exact) mass is 268 g/mol. The van der Waals surface area contributed by atoms with E-state index in [4.69, 9.17) is 5.11 Å². The molecular formula is C12H20N4O3. The van der Waals surface area contributed by atoms with Gasteiger partial charge in [0, 0.05) is 13.1 Å². The van der Waals surface area contributed by atoms with Crippen molar-refractivity contribution in [1.82, 2.24) is 19.9 Å². The van der Waals surface area contributed by atoms with E-state index in [9.17, 15) is 9.59 Å². The zero-order valence-corrected chi connectivity index (χ0v) is 11.9. The van der Waals surface area contributed by atoms with E-state index in [1.165, 1.54) is 10.9 Å². The molecule has 19 heavy (non-hydrogen) atoms. The zero-order chi connectivity index (χ0) is 14.8. The maximum absolute atomic E-state index is 12.1. The molecule has 7 heteroatoms. The molecule has 1 N–H and O–H groups in total.